The van der Waals surface area contributed by atoms with Crippen LogP contribution in [0.5, 0.6) is 0 Å². The van der Waals surface area contributed by atoms with Gasteiger partial charge in [-0.25, -0.2) is 0 Å². The molecule has 1 rings (SSSR count). The van der Waals surface area contributed by atoms with Gasteiger partial charge in [0.05, 0.1) is 12.3 Å². The molecule has 1 aromatic heterocycles. The first-order valence-electron chi connectivity index (χ1n) is 3.10. The van der Waals surface area contributed by atoms with Crippen LogP contribution in [0.4, 0.5) is 0 Å². The molecule has 0 fully saturated rings. The van der Waals surface area contributed by atoms with E-state index in [9.17, 15) is 0 Å². The second-order valence-corrected chi connectivity index (χ2v) is 2.20. The molecule has 0 aliphatic heterocycles. The summed E-state index contributed by atoms with van der Waals surface area (Å²) in [6, 6.07) is 0. The molecule has 0 saturated heterocycles. The number of rotatable bonds is 2. The SMILES string of the molecule is Cn1cc([C@H](O)CN)cn1. The topological polar surface area (TPSA) is 64.1 Å². The molecule has 1 atom stereocenters. The maximum atomic E-state index is 9.16. The Morgan fingerprint density at radius 2 is 2.60 bits per heavy atom. The highest BCUT2D eigenvalue weighted by Crippen LogP contribution is 2.07. The van der Waals surface area contributed by atoms with Crippen LogP contribution in [0.1, 0.15) is 11.7 Å². The van der Waals surface area contributed by atoms with E-state index in [4.69, 9.17) is 10.8 Å². The average Bonchev–Trinajstić information content (AvgIpc) is 2.34. The Kier molecular flexibility index (Phi) is 2.03. The molecule has 56 valence electrons. The standard InChI is InChI=1S/C6H11N3O/c1-9-4-5(3-8-9)6(10)2-7/h3-4,6,10H,2,7H2,1H3/t6-/m1/s1. The minimum absolute atomic E-state index is 0.242. The van der Waals surface area contributed by atoms with Crippen LogP contribution < -0.4 is 5.73 Å². The van der Waals surface area contributed by atoms with E-state index in [0.29, 0.717) is 0 Å². The number of aliphatic hydroxyl groups is 1. The number of hydrogen-bond donors (Lipinski definition) is 2. The highest BCUT2D eigenvalue weighted by Gasteiger charge is 2.05. The second kappa shape index (κ2) is 2.81. The molecule has 10 heavy (non-hydrogen) atoms. The summed E-state index contributed by atoms with van der Waals surface area (Å²) in [5.41, 5.74) is 5.99. The fraction of sp³-hybridized carbons (Fsp3) is 0.500. The number of nitrogens with zero attached hydrogens (tertiary/aromatic N) is 2. The minimum atomic E-state index is -0.575. The number of aliphatic hydroxyl groups excluding tert-OH is 1. The van der Waals surface area contributed by atoms with Crippen molar-refractivity contribution >= 4 is 0 Å². The summed E-state index contributed by atoms with van der Waals surface area (Å²) in [6.07, 6.45) is 2.78. The predicted octanol–water partition coefficient (Wildman–Crippen LogP) is -0.588. The van der Waals surface area contributed by atoms with Crippen LogP contribution in [0.25, 0.3) is 0 Å². The third-order valence-electron chi connectivity index (χ3n) is 1.33. The van der Waals surface area contributed by atoms with E-state index in [1.807, 2.05) is 0 Å². The van der Waals surface area contributed by atoms with Gasteiger partial charge in [0.2, 0.25) is 0 Å². The van der Waals surface area contributed by atoms with Crippen molar-refractivity contribution in [1.82, 2.24) is 9.78 Å². The molecule has 0 amide bonds. The van der Waals surface area contributed by atoms with Gasteiger partial charge in [0, 0.05) is 25.4 Å². The predicted molar refractivity (Wildman–Crippen MR) is 37.2 cm³/mol. The summed E-state index contributed by atoms with van der Waals surface area (Å²) in [4.78, 5) is 0. The lowest BCUT2D eigenvalue weighted by Crippen LogP contribution is -2.10. The fourth-order valence-corrected chi connectivity index (χ4v) is 0.748. The lowest BCUT2D eigenvalue weighted by atomic mass is 10.2. The first-order chi connectivity index (χ1) is 4.74. The van der Waals surface area contributed by atoms with Gasteiger partial charge >= 0.3 is 0 Å². The van der Waals surface area contributed by atoms with Gasteiger partial charge in [0.1, 0.15) is 0 Å². The third-order valence-corrected chi connectivity index (χ3v) is 1.33. The maximum absolute atomic E-state index is 9.16. The molecule has 3 N–H and O–H groups in total. The number of hydrogen-bond acceptors (Lipinski definition) is 3. The zero-order valence-corrected chi connectivity index (χ0v) is 5.86. The molecule has 0 aromatic carbocycles. The van der Waals surface area contributed by atoms with Crippen LogP contribution in [0.15, 0.2) is 12.4 Å². The summed E-state index contributed by atoms with van der Waals surface area (Å²) in [6.45, 7) is 0.242. The van der Waals surface area contributed by atoms with Crippen molar-refractivity contribution in [3.8, 4) is 0 Å². The van der Waals surface area contributed by atoms with E-state index in [1.54, 1.807) is 24.1 Å². The Labute approximate surface area is 59.3 Å². The lowest BCUT2D eigenvalue weighted by Gasteiger charge is -2.01. The van der Waals surface area contributed by atoms with Crippen molar-refractivity contribution in [1.29, 1.82) is 0 Å². The molecule has 1 heterocycles. The first-order valence-corrected chi connectivity index (χ1v) is 3.10. The van der Waals surface area contributed by atoms with Crippen molar-refractivity contribution in [3.63, 3.8) is 0 Å². The Morgan fingerprint density at radius 1 is 1.90 bits per heavy atom. The number of aromatic nitrogens is 2. The molecule has 1 aromatic rings. The van der Waals surface area contributed by atoms with E-state index in [2.05, 4.69) is 5.10 Å². The molecule has 0 aliphatic rings. The van der Waals surface area contributed by atoms with Gasteiger partial charge in [-0.3, -0.25) is 4.68 Å². The Hall–Kier alpha value is -0.870. The smallest absolute Gasteiger partial charge is 0.0942 e. The molecule has 0 bridgehead atoms. The molecular weight excluding hydrogens is 130 g/mol. The van der Waals surface area contributed by atoms with Crippen LogP contribution in [0, 0.1) is 0 Å². The van der Waals surface area contributed by atoms with Crippen LogP contribution >= 0.6 is 0 Å². The van der Waals surface area contributed by atoms with Crippen LogP contribution in [-0.2, 0) is 7.05 Å². The quantitative estimate of drug-likeness (QED) is 0.578. The van der Waals surface area contributed by atoms with E-state index in [1.165, 1.54) is 0 Å². The van der Waals surface area contributed by atoms with E-state index in [0.717, 1.165) is 5.56 Å². The number of aryl methyl sites for hydroxylation is 1. The lowest BCUT2D eigenvalue weighted by molar-refractivity contribution is 0.186. The molecule has 0 unspecified atom stereocenters. The van der Waals surface area contributed by atoms with Crippen LogP contribution in [-0.4, -0.2) is 21.4 Å². The van der Waals surface area contributed by atoms with E-state index >= 15 is 0 Å². The fourth-order valence-electron chi connectivity index (χ4n) is 0.748. The largest absolute Gasteiger partial charge is 0.387 e. The molecule has 4 heteroatoms. The van der Waals surface area contributed by atoms with Gasteiger partial charge in [0.25, 0.3) is 0 Å². The maximum Gasteiger partial charge on any atom is 0.0942 e. The first kappa shape index (κ1) is 7.24. The van der Waals surface area contributed by atoms with Gasteiger partial charge in [0.15, 0.2) is 0 Å². The van der Waals surface area contributed by atoms with Gasteiger partial charge in [-0.15, -0.1) is 0 Å². The van der Waals surface area contributed by atoms with Crippen LogP contribution in [0.3, 0.4) is 0 Å². The summed E-state index contributed by atoms with van der Waals surface area (Å²) in [5.74, 6) is 0. The van der Waals surface area contributed by atoms with Crippen molar-refractivity contribution in [2.75, 3.05) is 6.54 Å². The zero-order valence-electron chi connectivity index (χ0n) is 5.86. The van der Waals surface area contributed by atoms with Gasteiger partial charge in [-0.1, -0.05) is 0 Å². The summed E-state index contributed by atoms with van der Waals surface area (Å²) in [7, 11) is 1.80. The summed E-state index contributed by atoms with van der Waals surface area (Å²) in [5, 5.41) is 13.1. The van der Waals surface area contributed by atoms with E-state index in [-0.39, 0.29) is 6.54 Å². The minimum Gasteiger partial charge on any atom is -0.387 e. The van der Waals surface area contributed by atoms with E-state index < -0.39 is 6.10 Å². The Balaban J connectivity index is 2.74. The van der Waals surface area contributed by atoms with Crippen molar-refractivity contribution in [2.24, 2.45) is 12.8 Å². The second-order valence-electron chi connectivity index (χ2n) is 2.20. The molecule has 0 radical (unpaired) electrons. The van der Waals surface area contributed by atoms with Crippen LogP contribution in [0.2, 0.25) is 0 Å². The zero-order chi connectivity index (χ0) is 7.56. The molecule has 0 aliphatic carbocycles. The van der Waals surface area contributed by atoms with Gasteiger partial charge in [-0.2, -0.15) is 5.10 Å². The highest BCUT2D eigenvalue weighted by molar-refractivity contribution is 5.07. The highest BCUT2D eigenvalue weighted by atomic mass is 16.3. The average molecular weight is 141 g/mol. The molecule has 0 spiro atoms. The Bertz CT molecular complexity index is 209. The van der Waals surface area contributed by atoms with Crippen molar-refractivity contribution < 1.29 is 5.11 Å². The summed E-state index contributed by atoms with van der Waals surface area (Å²) >= 11 is 0. The Morgan fingerprint density at radius 3 is 3.00 bits per heavy atom. The van der Waals surface area contributed by atoms with Gasteiger partial charge < -0.3 is 10.8 Å². The monoisotopic (exact) mass is 141 g/mol. The normalized spacial score (nSPS) is 13.5. The van der Waals surface area contributed by atoms with Gasteiger partial charge in [-0.05, 0) is 0 Å². The molecule has 4 nitrogen and oxygen atoms in total. The third kappa shape index (κ3) is 1.34. The summed E-state index contributed by atoms with van der Waals surface area (Å²) < 4.78 is 1.63. The molecular formula is C6H11N3O. The van der Waals surface area contributed by atoms with Crippen molar-refractivity contribution in [2.45, 2.75) is 6.10 Å². The number of nitrogens with two attached hydrogens (primary N) is 1. The van der Waals surface area contributed by atoms with Crippen molar-refractivity contribution in [3.05, 3.63) is 18.0 Å². The molecule has 0 saturated carbocycles.